The lowest BCUT2D eigenvalue weighted by Crippen LogP contribution is -1.86. The normalized spacial score (nSPS) is 12.3. The first kappa shape index (κ1) is 19.8. The highest BCUT2D eigenvalue weighted by molar-refractivity contribution is 8.76. The summed E-state index contributed by atoms with van der Waals surface area (Å²) in [5, 5.41) is 0. The van der Waals surface area contributed by atoms with Gasteiger partial charge in [-0.25, -0.2) is 0 Å². The molecule has 0 aromatic heterocycles. The van der Waals surface area contributed by atoms with E-state index in [0.717, 1.165) is 9.79 Å². The summed E-state index contributed by atoms with van der Waals surface area (Å²) in [5.74, 6) is 0. The molecular weight excluding hydrogens is 390 g/mol. The summed E-state index contributed by atoms with van der Waals surface area (Å²) in [5.41, 5.74) is 1.17. The van der Waals surface area contributed by atoms with E-state index in [-0.39, 0.29) is 12.3 Å². The zero-order chi connectivity index (χ0) is 17.8. The van der Waals surface area contributed by atoms with E-state index in [4.69, 9.17) is 19.6 Å². The Morgan fingerprint density at radius 2 is 0.917 bits per heavy atom. The molecule has 0 radical (unpaired) electrons. The highest BCUT2D eigenvalue weighted by Crippen LogP contribution is 2.42. The van der Waals surface area contributed by atoms with Crippen LogP contribution in [0.25, 0.3) is 0 Å². The zero-order valence-electron chi connectivity index (χ0n) is 12.3. The van der Waals surface area contributed by atoms with Crippen LogP contribution >= 0.6 is 36.8 Å². The van der Waals surface area contributed by atoms with Crippen molar-refractivity contribution in [1.82, 2.24) is 0 Å². The Balaban J connectivity index is 1.91. The van der Waals surface area contributed by atoms with Gasteiger partial charge in [-0.05, 0) is 35.4 Å². The summed E-state index contributed by atoms with van der Waals surface area (Å²) in [6.45, 7) is 0. The van der Waals surface area contributed by atoms with E-state index in [2.05, 4.69) is 0 Å². The molecular formula is C14H16O6P2S2. The third-order valence-corrected chi connectivity index (χ3v) is 6.83. The Morgan fingerprint density at radius 1 is 0.625 bits per heavy atom. The van der Waals surface area contributed by atoms with Crippen LogP contribution < -0.4 is 0 Å². The first-order valence-corrected chi connectivity index (χ1v) is 12.5. The highest BCUT2D eigenvalue weighted by Gasteiger charge is 2.14. The van der Waals surface area contributed by atoms with E-state index in [1.54, 1.807) is 48.5 Å². The fraction of sp³-hybridized carbons (Fsp3) is 0.143. The van der Waals surface area contributed by atoms with Gasteiger partial charge in [-0.1, -0.05) is 45.9 Å². The van der Waals surface area contributed by atoms with E-state index >= 15 is 0 Å². The largest absolute Gasteiger partial charge is 0.329 e. The van der Waals surface area contributed by atoms with Crippen LogP contribution in [0.3, 0.4) is 0 Å². The van der Waals surface area contributed by atoms with Crippen LogP contribution in [0.4, 0.5) is 0 Å². The van der Waals surface area contributed by atoms with Gasteiger partial charge in [0.25, 0.3) is 0 Å². The van der Waals surface area contributed by atoms with E-state index in [0.29, 0.717) is 11.1 Å². The van der Waals surface area contributed by atoms with Gasteiger partial charge in [-0.15, -0.1) is 0 Å². The molecule has 0 aliphatic carbocycles. The molecule has 0 saturated carbocycles. The molecule has 0 aliphatic heterocycles. The molecule has 0 saturated heterocycles. The Kier molecular flexibility index (Phi) is 6.76. The summed E-state index contributed by atoms with van der Waals surface area (Å²) in [7, 11) is -5.13. The quantitative estimate of drug-likeness (QED) is 0.405. The van der Waals surface area contributed by atoms with E-state index in [1.165, 1.54) is 21.6 Å². The Morgan fingerprint density at radius 3 is 1.17 bits per heavy atom. The molecule has 130 valence electrons. The molecule has 0 heterocycles. The van der Waals surface area contributed by atoms with Gasteiger partial charge in [0.05, 0.1) is 12.3 Å². The first-order valence-electron chi connectivity index (χ1n) is 6.72. The van der Waals surface area contributed by atoms with E-state index < -0.39 is 15.2 Å². The van der Waals surface area contributed by atoms with Crippen molar-refractivity contribution in [2.24, 2.45) is 0 Å². The van der Waals surface area contributed by atoms with E-state index in [9.17, 15) is 9.13 Å². The fourth-order valence-electron chi connectivity index (χ4n) is 1.87. The molecule has 4 N–H and O–H groups in total. The van der Waals surface area contributed by atoms with Crippen molar-refractivity contribution in [3.05, 3.63) is 59.7 Å². The maximum absolute atomic E-state index is 10.9. The summed E-state index contributed by atoms with van der Waals surface area (Å²) >= 11 is 0. The molecule has 0 atom stereocenters. The molecule has 0 aliphatic rings. The number of rotatable bonds is 7. The molecule has 0 fully saturated rings. The van der Waals surface area contributed by atoms with Crippen LogP contribution in [0.5, 0.6) is 0 Å². The highest BCUT2D eigenvalue weighted by atomic mass is 33.1. The summed E-state index contributed by atoms with van der Waals surface area (Å²) < 4.78 is 21.9. The van der Waals surface area contributed by atoms with Crippen molar-refractivity contribution in [2.45, 2.75) is 22.1 Å². The average Bonchev–Trinajstić information content (AvgIpc) is 2.45. The van der Waals surface area contributed by atoms with Gasteiger partial charge in [-0.2, -0.15) is 0 Å². The molecule has 0 bridgehead atoms. The van der Waals surface area contributed by atoms with E-state index in [1.807, 2.05) is 0 Å². The second kappa shape index (κ2) is 8.21. The molecule has 0 spiro atoms. The average molecular weight is 406 g/mol. The molecule has 2 rings (SSSR count). The predicted octanol–water partition coefficient (Wildman–Crippen LogP) is 3.84. The van der Waals surface area contributed by atoms with Gasteiger partial charge in [0.1, 0.15) is 0 Å². The minimum absolute atomic E-state index is 0.272. The standard InChI is InChI=1S/C14H16O6P2S2/c15-21(16,17)9-11-1-5-13(6-2-11)23-24-14-7-3-12(4-8-14)10-22(18,19)20/h1-8H,9-10H2,(H2,15,16,17)(H2,18,19,20). The summed E-state index contributed by atoms with van der Waals surface area (Å²) in [4.78, 5) is 37.6. The van der Waals surface area contributed by atoms with Gasteiger partial charge in [0, 0.05) is 9.79 Å². The third-order valence-electron chi connectivity index (χ3n) is 2.86. The number of hydrogen-bond acceptors (Lipinski definition) is 4. The predicted molar refractivity (Wildman–Crippen MR) is 96.1 cm³/mol. The second-order valence-corrected chi connectivity index (χ2v) is 10.7. The van der Waals surface area contributed by atoms with Crippen LogP contribution in [0.15, 0.2) is 58.3 Å². The lowest BCUT2D eigenvalue weighted by molar-refractivity contribution is 0.369. The van der Waals surface area contributed by atoms with Gasteiger partial charge < -0.3 is 19.6 Å². The van der Waals surface area contributed by atoms with Crippen LogP contribution in [0.2, 0.25) is 0 Å². The minimum atomic E-state index is -4.05. The van der Waals surface area contributed by atoms with Crippen LogP contribution in [0.1, 0.15) is 11.1 Å². The van der Waals surface area contributed by atoms with Gasteiger partial charge in [-0.3, -0.25) is 9.13 Å². The van der Waals surface area contributed by atoms with Crippen molar-refractivity contribution >= 4 is 36.8 Å². The molecule has 6 nitrogen and oxygen atoms in total. The molecule has 0 amide bonds. The smallest absolute Gasteiger partial charge is 0.324 e. The lowest BCUT2D eigenvalue weighted by atomic mass is 10.2. The van der Waals surface area contributed by atoms with Crippen molar-refractivity contribution in [2.75, 3.05) is 0 Å². The topological polar surface area (TPSA) is 115 Å². The van der Waals surface area contributed by atoms with Gasteiger partial charge >= 0.3 is 15.2 Å². The molecule has 24 heavy (non-hydrogen) atoms. The Labute approximate surface area is 147 Å². The van der Waals surface area contributed by atoms with Crippen LogP contribution in [-0.2, 0) is 21.5 Å². The molecule has 2 aromatic rings. The monoisotopic (exact) mass is 406 g/mol. The SMILES string of the molecule is O=P(O)(O)Cc1ccc(SSc2ccc(CP(=O)(O)O)cc2)cc1. The zero-order valence-corrected chi connectivity index (χ0v) is 15.8. The van der Waals surface area contributed by atoms with Crippen LogP contribution in [0, 0.1) is 0 Å². The Bertz CT molecular complexity index is 699. The lowest BCUT2D eigenvalue weighted by Gasteiger charge is -2.06. The minimum Gasteiger partial charge on any atom is -0.324 e. The molecule has 0 unspecified atom stereocenters. The third kappa shape index (κ3) is 7.55. The fourth-order valence-corrected chi connectivity index (χ4v) is 5.18. The Hall–Kier alpha value is -0.560. The first-order chi connectivity index (χ1) is 11.1. The molecule has 10 heteroatoms. The van der Waals surface area contributed by atoms with Crippen molar-refractivity contribution < 1.29 is 28.7 Å². The van der Waals surface area contributed by atoms with Crippen LogP contribution in [-0.4, -0.2) is 19.6 Å². The number of benzene rings is 2. The molecule has 2 aromatic carbocycles. The van der Waals surface area contributed by atoms with Crippen molar-refractivity contribution in [1.29, 1.82) is 0 Å². The maximum Gasteiger partial charge on any atom is 0.329 e. The summed E-state index contributed by atoms with van der Waals surface area (Å²) in [6, 6.07) is 13.9. The number of hydrogen-bond donors (Lipinski definition) is 4. The second-order valence-electron chi connectivity index (χ2n) is 5.10. The maximum atomic E-state index is 10.9. The van der Waals surface area contributed by atoms with Crippen molar-refractivity contribution in [3.8, 4) is 0 Å². The van der Waals surface area contributed by atoms with Gasteiger partial charge in [0.15, 0.2) is 0 Å². The van der Waals surface area contributed by atoms with Crippen molar-refractivity contribution in [3.63, 3.8) is 0 Å². The summed E-state index contributed by atoms with van der Waals surface area (Å²) in [6.07, 6.45) is -0.543. The van der Waals surface area contributed by atoms with Gasteiger partial charge in [0.2, 0.25) is 0 Å².